The molecular weight excluding hydrogens is 212 g/mol. The molecule has 0 aliphatic carbocycles. The fourth-order valence-corrected chi connectivity index (χ4v) is 1.89. The zero-order chi connectivity index (χ0) is 10.9. The second kappa shape index (κ2) is 7.34. The largest absolute Gasteiger partial charge is 0.465 e. The molecule has 0 bridgehead atoms. The molecule has 4 nitrogen and oxygen atoms in total. The Hall–Kier alpha value is -0.970. The number of carbonyl (C=O) groups is 1. The molecule has 1 N–H and O–H groups in total. The molecule has 0 radical (unpaired) electrons. The summed E-state index contributed by atoms with van der Waals surface area (Å²) in [5.41, 5.74) is 1.21. The first kappa shape index (κ1) is 12.1. The first-order valence-electron chi connectivity index (χ1n) is 5.04. The van der Waals surface area contributed by atoms with E-state index in [0.29, 0.717) is 12.4 Å². The normalized spacial score (nSPS) is 10.2. The van der Waals surface area contributed by atoms with Crippen molar-refractivity contribution >= 4 is 17.7 Å². The Bertz CT molecular complexity index is 275. The van der Waals surface area contributed by atoms with Crippen molar-refractivity contribution in [1.29, 1.82) is 0 Å². The van der Waals surface area contributed by atoms with Crippen molar-refractivity contribution in [3.05, 3.63) is 18.0 Å². The van der Waals surface area contributed by atoms with E-state index in [4.69, 9.17) is 4.74 Å². The van der Waals surface area contributed by atoms with Crippen LogP contribution in [0, 0.1) is 0 Å². The molecule has 5 heteroatoms. The molecule has 1 heterocycles. The van der Waals surface area contributed by atoms with Crippen molar-refractivity contribution in [2.75, 3.05) is 18.1 Å². The highest BCUT2D eigenvalue weighted by Gasteiger charge is 2.01. The number of carbonyl (C=O) groups excluding carboxylic acids is 1. The number of nitrogens with zero attached hydrogens (tertiary/aromatic N) is 1. The molecule has 0 spiro atoms. The topological polar surface area (TPSA) is 55.0 Å². The lowest BCUT2D eigenvalue weighted by Gasteiger charge is -2.01. The van der Waals surface area contributed by atoms with Crippen LogP contribution in [-0.2, 0) is 16.0 Å². The second-order valence-corrected chi connectivity index (χ2v) is 4.17. The fraction of sp³-hybridized carbons (Fsp3) is 0.600. The van der Waals surface area contributed by atoms with Crippen LogP contribution in [0.5, 0.6) is 0 Å². The molecule has 0 aliphatic rings. The summed E-state index contributed by atoms with van der Waals surface area (Å²) in [5.74, 6) is 1.31. The van der Waals surface area contributed by atoms with Gasteiger partial charge in [-0.2, -0.15) is 16.9 Å². The molecular formula is C10H16N2O2S. The van der Waals surface area contributed by atoms with Crippen LogP contribution in [0.25, 0.3) is 0 Å². The van der Waals surface area contributed by atoms with E-state index >= 15 is 0 Å². The maximum Gasteiger partial charge on any atom is 0.315 e. The number of hydrogen-bond acceptors (Lipinski definition) is 4. The minimum absolute atomic E-state index is 0.120. The number of aromatic amines is 1. The van der Waals surface area contributed by atoms with Gasteiger partial charge >= 0.3 is 5.97 Å². The first-order chi connectivity index (χ1) is 7.33. The van der Waals surface area contributed by atoms with E-state index in [1.54, 1.807) is 11.8 Å². The summed E-state index contributed by atoms with van der Waals surface area (Å²) in [6.45, 7) is 2.29. The zero-order valence-electron chi connectivity index (χ0n) is 8.86. The third-order valence-electron chi connectivity index (χ3n) is 1.83. The monoisotopic (exact) mass is 228 g/mol. The SMILES string of the molecule is CCOC(=O)CSCCCc1cn[nH]c1. The molecule has 1 aromatic rings. The Morgan fingerprint density at radius 3 is 3.20 bits per heavy atom. The van der Waals surface area contributed by atoms with Crippen LogP contribution in [0.2, 0.25) is 0 Å². The number of H-pyrrole nitrogens is 1. The van der Waals surface area contributed by atoms with Crippen molar-refractivity contribution in [2.45, 2.75) is 19.8 Å². The molecule has 15 heavy (non-hydrogen) atoms. The maximum atomic E-state index is 11.0. The van der Waals surface area contributed by atoms with Crippen LogP contribution in [0.4, 0.5) is 0 Å². The molecule has 1 rings (SSSR count). The summed E-state index contributed by atoms with van der Waals surface area (Å²) in [5, 5.41) is 6.64. The van der Waals surface area contributed by atoms with Crippen molar-refractivity contribution in [3.63, 3.8) is 0 Å². The van der Waals surface area contributed by atoms with Gasteiger partial charge in [0.2, 0.25) is 0 Å². The molecule has 1 aromatic heterocycles. The first-order valence-corrected chi connectivity index (χ1v) is 6.19. The Morgan fingerprint density at radius 1 is 1.67 bits per heavy atom. The van der Waals surface area contributed by atoms with E-state index in [0.717, 1.165) is 18.6 Å². The number of ether oxygens (including phenoxy) is 1. The number of hydrogen-bond donors (Lipinski definition) is 1. The van der Waals surface area contributed by atoms with Gasteiger partial charge in [-0.3, -0.25) is 9.89 Å². The average Bonchev–Trinajstić information content (AvgIpc) is 2.70. The van der Waals surface area contributed by atoms with Crippen LogP contribution in [0.15, 0.2) is 12.4 Å². The van der Waals surface area contributed by atoms with E-state index in [9.17, 15) is 4.79 Å². The van der Waals surface area contributed by atoms with Gasteiger partial charge in [-0.1, -0.05) is 0 Å². The minimum Gasteiger partial charge on any atom is -0.465 e. The van der Waals surface area contributed by atoms with Gasteiger partial charge in [-0.05, 0) is 31.1 Å². The number of thioether (sulfide) groups is 1. The maximum absolute atomic E-state index is 11.0. The van der Waals surface area contributed by atoms with E-state index in [2.05, 4.69) is 10.2 Å². The number of esters is 1. The molecule has 0 amide bonds. The summed E-state index contributed by atoms with van der Waals surface area (Å²) in [6, 6.07) is 0. The zero-order valence-corrected chi connectivity index (χ0v) is 9.68. The van der Waals surface area contributed by atoms with Crippen molar-refractivity contribution in [2.24, 2.45) is 0 Å². The number of aryl methyl sites for hydroxylation is 1. The van der Waals surface area contributed by atoms with Gasteiger partial charge in [-0.15, -0.1) is 0 Å². The second-order valence-electron chi connectivity index (χ2n) is 3.07. The van der Waals surface area contributed by atoms with Crippen molar-refractivity contribution in [1.82, 2.24) is 10.2 Å². The Balaban J connectivity index is 1.95. The van der Waals surface area contributed by atoms with Crippen LogP contribution < -0.4 is 0 Å². The van der Waals surface area contributed by atoms with Crippen LogP contribution in [-0.4, -0.2) is 34.3 Å². The minimum atomic E-state index is -0.120. The van der Waals surface area contributed by atoms with E-state index in [-0.39, 0.29) is 5.97 Å². The molecule has 0 aromatic carbocycles. The average molecular weight is 228 g/mol. The highest BCUT2D eigenvalue weighted by Crippen LogP contribution is 2.07. The molecule has 0 unspecified atom stereocenters. The molecule has 0 saturated carbocycles. The van der Waals surface area contributed by atoms with Crippen LogP contribution in [0.3, 0.4) is 0 Å². The Labute approximate surface area is 93.8 Å². The summed E-state index contributed by atoms with van der Waals surface area (Å²) in [4.78, 5) is 11.0. The standard InChI is InChI=1S/C10H16N2O2S/c1-2-14-10(13)8-15-5-3-4-9-6-11-12-7-9/h6-7H,2-5,8H2,1H3,(H,11,12). The fourth-order valence-electron chi connectivity index (χ4n) is 1.15. The van der Waals surface area contributed by atoms with Gasteiger partial charge in [0.15, 0.2) is 0 Å². The van der Waals surface area contributed by atoms with Crippen molar-refractivity contribution < 1.29 is 9.53 Å². The van der Waals surface area contributed by atoms with Gasteiger partial charge in [-0.25, -0.2) is 0 Å². The van der Waals surface area contributed by atoms with Gasteiger partial charge < -0.3 is 4.74 Å². The van der Waals surface area contributed by atoms with Gasteiger partial charge in [0.1, 0.15) is 0 Å². The smallest absolute Gasteiger partial charge is 0.315 e. The Morgan fingerprint density at radius 2 is 2.53 bits per heavy atom. The lowest BCUT2D eigenvalue weighted by molar-refractivity contribution is -0.139. The van der Waals surface area contributed by atoms with Gasteiger partial charge in [0.25, 0.3) is 0 Å². The van der Waals surface area contributed by atoms with E-state index in [1.165, 1.54) is 5.56 Å². The summed E-state index contributed by atoms with van der Waals surface area (Å²) >= 11 is 1.62. The summed E-state index contributed by atoms with van der Waals surface area (Å²) < 4.78 is 4.82. The third kappa shape index (κ3) is 5.47. The predicted molar refractivity (Wildman–Crippen MR) is 60.9 cm³/mol. The highest BCUT2D eigenvalue weighted by atomic mass is 32.2. The number of nitrogens with one attached hydrogen (secondary N) is 1. The Kier molecular flexibility index (Phi) is 5.92. The number of aromatic nitrogens is 2. The molecule has 0 aliphatic heterocycles. The van der Waals surface area contributed by atoms with Gasteiger partial charge in [0, 0.05) is 6.20 Å². The van der Waals surface area contributed by atoms with E-state index < -0.39 is 0 Å². The van der Waals surface area contributed by atoms with Crippen LogP contribution >= 0.6 is 11.8 Å². The molecule has 0 saturated heterocycles. The summed E-state index contributed by atoms with van der Waals surface area (Å²) in [6.07, 6.45) is 5.79. The lowest BCUT2D eigenvalue weighted by Crippen LogP contribution is -2.07. The summed E-state index contributed by atoms with van der Waals surface area (Å²) in [7, 11) is 0. The van der Waals surface area contributed by atoms with E-state index in [1.807, 2.05) is 19.3 Å². The molecule has 0 atom stereocenters. The van der Waals surface area contributed by atoms with Gasteiger partial charge in [0.05, 0.1) is 18.6 Å². The quantitative estimate of drug-likeness (QED) is 0.569. The number of rotatable bonds is 7. The lowest BCUT2D eigenvalue weighted by atomic mass is 10.2. The molecule has 84 valence electrons. The predicted octanol–water partition coefficient (Wildman–Crippen LogP) is 1.64. The highest BCUT2D eigenvalue weighted by molar-refractivity contribution is 7.99. The van der Waals surface area contributed by atoms with Crippen LogP contribution in [0.1, 0.15) is 18.9 Å². The molecule has 0 fully saturated rings. The van der Waals surface area contributed by atoms with Crippen molar-refractivity contribution in [3.8, 4) is 0 Å². The third-order valence-corrected chi connectivity index (χ3v) is 2.85.